The second kappa shape index (κ2) is 6.33. The predicted octanol–water partition coefficient (Wildman–Crippen LogP) is 2.87. The maximum atomic E-state index is 11.0. The van der Waals surface area contributed by atoms with Crippen molar-refractivity contribution in [2.75, 3.05) is 11.4 Å². The molecule has 0 bridgehead atoms. The number of rotatable bonds is 6. The summed E-state index contributed by atoms with van der Waals surface area (Å²) in [4.78, 5) is 17.3. The molecule has 1 heterocycles. The van der Waals surface area contributed by atoms with Crippen LogP contribution in [0.3, 0.4) is 0 Å². The van der Waals surface area contributed by atoms with E-state index in [1.165, 1.54) is 11.3 Å². The van der Waals surface area contributed by atoms with Gasteiger partial charge in [0.1, 0.15) is 0 Å². The third-order valence-corrected chi connectivity index (χ3v) is 3.65. The molecule has 0 aliphatic rings. The van der Waals surface area contributed by atoms with Crippen LogP contribution in [0, 0.1) is 5.92 Å². The molecule has 1 unspecified atom stereocenters. The molecule has 19 heavy (non-hydrogen) atoms. The highest BCUT2D eigenvalue weighted by molar-refractivity contribution is 7.13. The van der Waals surface area contributed by atoms with Gasteiger partial charge in [0.05, 0.1) is 5.92 Å². The van der Waals surface area contributed by atoms with Crippen LogP contribution in [0.15, 0.2) is 41.9 Å². The fourth-order valence-corrected chi connectivity index (χ4v) is 2.45. The van der Waals surface area contributed by atoms with Gasteiger partial charge in [0, 0.05) is 24.7 Å². The molecule has 0 saturated heterocycles. The Kier molecular flexibility index (Phi) is 4.52. The lowest BCUT2D eigenvalue weighted by atomic mass is 10.1. The van der Waals surface area contributed by atoms with E-state index in [4.69, 9.17) is 5.11 Å². The van der Waals surface area contributed by atoms with Crippen molar-refractivity contribution in [1.82, 2.24) is 4.98 Å². The lowest BCUT2D eigenvalue weighted by Gasteiger charge is -2.23. The van der Waals surface area contributed by atoms with Crippen molar-refractivity contribution in [2.45, 2.75) is 13.5 Å². The number of carboxylic acid groups (broad SMARTS) is 1. The molecule has 0 amide bonds. The van der Waals surface area contributed by atoms with Gasteiger partial charge < -0.3 is 10.0 Å². The summed E-state index contributed by atoms with van der Waals surface area (Å²) in [7, 11) is 0. The van der Waals surface area contributed by atoms with E-state index in [2.05, 4.69) is 4.98 Å². The first-order valence-electron chi connectivity index (χ1n) is 6.08. The highest BCUT2D eigenvalue weighted by atomic mass is 32.1. The third-order valence-electron chi connectivity index (χ3n) is 2.82. The first kappa shape index (κ1) is 13.5. The molecule has 4 nitrogen and oxygen atoms in total. The number of hydrogen-bond donors (Lipinski definition) is 1. The van der Waals surface area contributed by atoms with Crippen LogP contribution in [0.2, 0.25) is 0 Å². The van der Waals surface area contributed by atoms with E-state index in [1.807, 2.05) is 40.6 Å². The number of anilines is 1. The minimum absolute atomic E-state index is 0.424. The Bertz CT molecular complexity index is 514. The van der Waals surface area contributed by atoms with Crippen LogP contribution < -0.4 is 4.90 Å². The molecule has 1 aromatic carbocycles. The van der Waals surface area contributed by atoms with Gasteiger partial charge in [0.2, 0.25) is 0 Å². The van der Waals surface area contributed by atoms with Crippen LogP contribution in [0.5, 0.6) is 0 Å². The maximum absolute atomic E-state index is 11.0. The average molecular weight is 276 g/mol. The third kappa shape index (κ3) is 3.79. The molecule has 0 aliphatic heterocycles. The molecule has 1 aromatic heterocycles. The monoisotopic (exact) mass is 276 g/mol. The number of nitrogens with zero attached hydrogens (tertiary/aromatic N) is 2. The summed E-state index contributed by atoms with van der Waals surface area (Å²) in [5.74, 6) is -1.21. The maximum Gasteiger partial charge on any atom is 0.308 e. The van der Waals surface area contributed by atoms with Crippen molar-refractivity contribution in [3.05, 3.63) is 47.5 Å². The van der Waals surface area contributed by atoms with Gasteiger partial charge in [-0.1, -0.05) is 37.3 Å². The van der Waals surface area contributed by atoms with E-state index < -0.39 is 11.9 Å². The Morgan fingerprint density at radius 1 is 1.42 bits per heavy atom. The van der Waals surface area contributed by atoms with Crippen molar-refractivity contribution >= 4 is 22.4 Å². The summed E-state index contributed by atoms with van der Waals surface area (Å²) in [6.45, 7) is 2.84. The molecular weight excluding hydrogens is 260 g/mol. The number of aromatic nitrogens is 1. The van der Waals surface area contributed by atoms with Crippen LogP contribution in [0.1, 0.15) is 12.5 Å². The van der Waals surface area contributed by atoms with E-state index >= 15 is 0 Å². The largest absolute Gasteiger partial charge is 0.481 e. The van der Waals surface area contributed by atoms with E-state index in [-0.39, 0.29) is 0 Å². The van der Waals surface area contributed by atoms with Crippen LogP contribution in [-0.4, -0.2) is 22.6 Å². The zero-order valence-electron chi connectivity index (χ0n) is 10.7. The van der Waals surface area contributed by atoms with E-state index in [0.717, 1.165) is 10.7 Å². The zero-order chi connectivity index (χ0) is 13.7. The Hall–Kier alpha value is -1.88. The minimum Gasteiger partial charge on any atom is -0.481 e. The lowest BCUT2D eigenvalue weighted by molar-refractivity contribution is -0.140. The fourth-order valence-electron chi connectivity index (χ4n) is 1.79. The van der Waals surface area contributed by atoms with E-state index in [1.54, 1.807) is 13.1 Å². The number of thiazole rings is 1. The summed E-state index contributed by atoms with van der Waals surface area (Å²) in [6.07, 6.45) is 1.74. The Morgan fingerprint density at radius 2 is 2.16 bits per heavy atom. The van der Waals surface area contributed by atoms with Crippen molar-refractivity contribution < 1.29 is 9.90 Å². The van der Waals surface area contributed by atoms with E-state index in [9.17, 15) is 4.79 Å². The summed E-state index contributed by atoms with van der Waals surface area (Å²) >= 11 is 1.53. The highest BCUT2D eigenvalue weighted by Crippen LogP contribution is 2.21. The molecule has 1 N–H and O–H groups in total. The average Bonchev–Trinajstić information content (AvgIpc) is 2.92. The van der Waals surface area contributed by atoms with Gasteiger partial charge in [-0.25, -0.2) is 4.98 Å². The van der Waals surface area contributed by atoms with Crippen LogP contribution >= 0.6 is 11.3 Å². The Labute approximate surface area is 116 Å². The van der Waals surface area contributed by atoms with Crippen LogP contribution in [-0.2, 0) is 11.3 Å². The molecule has 2 aromatic rings. The molecule has 0 spiro atoms. The molecule has 1 atom stereocenters. The smallest absolute Gasteiger partial charge is 0.308 e. The summed E-state index contributed by atoms with van der Waals surface area (Å²) < 4.78 is 0. The summed E-state index contributed by atoms with van der Waals surface area (Å²) in [5, 5.41) is 11.8. The number of benzene rings is 1. The van der Waals surface area contributed by atoms with E-state index in [0.29, 0.717) is 13.1 Å². The normalized spacial score (nSPS) is 12.1. The Balaban J connectivity index is 2.13. The highest BCUT2D eigenvalue weighted by Gasteiger charge is 2.18. The predicted molar refractivity (Wildman–Crippen MR) is 76.4 cm³/mol. The standard InChI is InChI=1S/C14H16N2O2S/c1-11(13(17)18)9-16(14-15-7-8-19-14)10-12-5-3-2-4-6-12/h2-8,11H,9-10H2,1H3,(H,17,18). The zero-order valence-corrected chi connectivity index (χ0v) is 11.5. The second-order valence-corrected chi connectivity index (χ2v) is 5.29. The number of carboxylic acids is 1. The van der Waals surface area contributed by atoms with Crippen molar-refractivity contribution in [3.8, 4) is 0 Å². The van der Waals surface area contributed by atoms with Crippen molar-refractivity contribution in [1.29, 1.82) is 0 Å². The summed E-state index contributed by atoms with van der Waals surface area (Å²) in [5.41, 5.74) is 1.15. The SMILES string of the molecule is CC(CN(Cc1ccccc1)c1nccs1)C(=O)O. The number of hydrogen-bond acceptors (Lipinski definition) is 4. The fraction of sp³-hybridized carbons (Fsp3) is 0.286. The molecule has 0 radical (unpaired) electrons. The van der Waals surface area contributed by atoms with Gasteiger partial charge in [-0.05, 0) is 5.56 Å². The van der Waals surface area contributed by atoms with Gasteiger partial charge in [0.25, 0.3) is 0 Å². The second-order valence-electron chi connectivity index (χ2n) is 4.42. The molecule has 2 rings (SSSR count). The number of carbonyl (C=O) groups is 1. The van der Waals surface area contributed by atoms with Gasteiger partial charge in [-0.15, -0.1) is 11.3 Å². The Morgan fingerprint density at radius 3 is 2.74 bits per heavy atom. The molecule has 0 aliphatic carbocycles. The van der Waals surface area contributed by atoms with Crippen molar-refractivity contribution in [2.24, 2.45) is 5.92 Å². The van der Waals surface area contributed by atoms with Crippen molar-refractivity contribution in [3.63, 3.8) is 0 Å². The first-order valence-corrected chi connectivity index (χ1v) is 6.96. The van der Waals surface area contributed by atoms with Crippen LogP contribution in [0.4, 0.5) is 5.13 Å². The van der Waals surface area contributed by atoms with Gasteiger partial charge >= 0.3 is 5.97 Å². The minimum atomic E-state index is -0.783. The molecule has 0 fully saturated rings. The first-order chi connectivity index (χ1) is 9.16. The quantitative estimate of drug-likeness (QED) is 0.881. The summed E-state index contributed by atoms with van der Waals surface area (Å²) in [6, 6.07) is 10.0. The molecule has 0 saturated carbocycles. The van der Waals surface area contributed by atoms with Gasteiger partial charge in [-0.3, -0.25) is 4.79 Å². The lowest BCUT2D eigenvalue weighted by Crippen LogP contribution is -2.31. The van der Waals surface area contributed by atoms with Gasteiger partial charge in [-0.2, -0.15) is 0 Å². The molecule has 5 heteroatoms. The number of aliphatic carboxylic acids is 1. The van der Waals surface area contributed by atoms with Crippen LogP contribution in [0.25, 0.3) is 0 Å². The molecular formula is C14H16N2O2S. The van der Waals surface area contributed by atoms with Gasteiger partial charge in [0.15, 0.2) is 5.13 Å². The topological polar surface area (TPSA) is 53.4 Å². The molecule has 100 valence electrons.